The predicted octanol–water partition coefficient (Wildman–Crippen LogP) is 5.50. The molecule has 2 aromatic carbocycles. The van der Waals surface area contributed by atoms with E-state index in [1.54, 1.807) is 0 Å². The fourth-order valence-electron chi connectivity index (χ4n) is 4.36. The zero-order chi connectivity index (χ0) is 17.2. The van der Waals surface area contributed by atoms with Gasteiger partial charge < -0.3 is 4.74 Å². The second-order valence-electron chi connectivity index (χ2n) is 7.24. The van der Waals surface area contributed by atoms with Crippen LogP contribution in [0.3, 0.4) is 0 Å². The van der Waals surface area contributed by atoms with Crippen molar-refractivity contribution in [3.63, 3.8) is 0 Å². The molecular formula is C23H24O2. The Balaban J connectivity index is 1.44. The average Bonchev–Trinajstić information content (AvgIpc) is 3.30. The number of rotatable bonds is 5. The Bertz CT molecular complexity index is 760. The van der Waals surface area contributed by atoms with E-state index in [0.29, 0.717) is 23.3 Å². The van der Waals surface area contributed by atoms with E-state index in [-0.39, 0.29) is 12.1 Å². The van der Waals surface area contributed by atoms with Crippen molar-refractivity contribution < 1.29 is 9.53 Å². The van der Waals surface area contributed by atoms with Crippen LogP contribution >= 0.6 is 0 Å². The molecule has 128 valence electrons. The van der Waals surface area contributed by atoms with Crippen molar-refractivity contribution in [1.82, 2.24) is 0 Å². The van der Waals surface area contributed by atoms with Gasteiger partial charge in [0, 0.05) is 5.92 Å². The van der Waals surface area contributed by atoms with Crippen LogP contribution in [0, 0.1) is 17.8 Å². The van der Waals surface area contributed by atoms with E-state index in [4.69, 9.17) is 4.74 Å². The molecule has 1 fully saturated rings. The van der Waals surface area contributed by atoms with Crippen molar-refractivity contribution in [2.45, 2.75) is 32.3 Å². The molecule has 4 rings (SSSR count). The normalized spacial score (nSPS) is 25.1. The molecule has 0 aromatic heterocycles. The molecule has 0 radical (unpaired) electrons. The maximum atomic E-state index is 12.6. The molecule has 2 aliphatic rings. The maximum Gasteiger partial charge on any atom is 0.338 e. The first kappa shape index (κ1) is 16.1. The van der Waals surface area contributed by atoms with Gasteiger partial charge in [0.1, 0.15) is 6.10 Å². The first-order valence-electron chi connectivity index (χ1n) is 9.29. The lowest BCUT2D eigenvalue weighted by molar-refractivity contribution is 0.00846. The fourth-order valence-corrected chi connectivity index (χ4v) is 4.36. The lowest BCUT2D eigenvalue weighted by Crippen LogP contribution is -2.29. The number of allylic oxidation sites excluding steroid dienone is 2. The van der Waals surface area contributed by atoms with Gasteiger partial charge in [-0.05, 0) is 54.4 Å². The van der Waals surface area contributed by atoms with Crippen LogP contribution in [-0.4, -0.2) is 12.1 Å². The Hall–Kier alpha value is -2.35. The van der Waals surface area contributed by atoms with Gasteiger partial charge in [-0.3, -0.25) is 0 Å². The zero-order valence-corrected chi connectivity index (χ0v) is 14.6. The summed E-state index contributed by atoms with van der Waals surface area (Å²) in [4.78, 5) is 12.6. The molecule has 4 unspecified atom stereocenters. The Kier molecular flexibility index (Phi) is 4.44. The number of fused-ring (bicyclic) bond motifs is 2. The maximum absolute atomic E-state index is 12.6. The van der Waals surface area contributed by atoms with Crippen LogP contribution in [0.15, 0.2) is 66.7 Å². The van der Waals surface area contributed by atoms with Crippen LogP contribution in [0.1, 0.15) is 36.5 Å². The van der Waals surface area contributed by atoms with Gasteiger partial charge in [-0.1, -0.05) is 61.5 Å². The monoisotopic (exact) mass is 332 g/mol. The SMILES string of the molecule is CCC(OC(=O)c1ccc(-c2ccccc2)cc1)C1CC2C=CC1C2. The van der Waals surface area contributed by atoms with Crippen LogP contribution in [0.5, 0.6) is 0 Å². The first-order valence-corrected chi connectivity index (χ1v) is 9.29. The van der Waals surface area contributed by atoms with Crippen molar-refractivity contribution in [3.8, 4) is 11.1 Å². The van der Waals surface area contributed by atoms with Gasteiger partial charge >= 0.3 is 5.97 Å². The molecule has 1 saturated carbocycles. The minimum absolute atomic E-state index is 0.0289. The Morgan fingerprint density at radius 2 is 1.72 bits per heavy atom. The summed E-state index contributed by atoms with van der Waals surface area (Å²) in [5, 5.41) is 0. The van der Waals surface area contributed by atoms with Crippen molar-refractivity contribution in [1.29, 1.82) is 0 Å². The minimum atomic E-state index is -0.196. The lowest BCUT2D eigenvalue weighted by Gasteiger charge is -2.27. The predicted molar refractivity (Wildman–Crippen MR) is 100 cm³/mol. The lowest BCUT2D eigenvalue weighted by atomic mass is 9.87. The number of ether oxygens (including phenoxy) is 1. The molecule has 0 amide bonds. The molecule has 0 aliphatic heterocycles. The smallest absolute Gasteiger partial charge is 0.338 e. The van der Waals surface area contributed by atoms with Gasteiger partial charge in [-0.2, -0.15) is 0 Å². The first-order chi connectivity index (χ1) is 12.2. The van der Waals surface area contributed by atoms with E-state index in [1.807, 2.05) is 42.5 Å². The van der Waals surface area contributed by atoms with Gasteiger partial charge in [0.25, 0.3) is 0 Å². The molecule has 0 heterocycles. The van der Waals surface area contributed by atoms with Crippen molar-refractivity contribution in [2.24, 2.45) is 17.8 Å². The largest absolute Gasteiger partial charge is 0.458 e. The number of esters is 1. The number of hydrogen-bond donors (Lipinski definition) is 0. The summed E-state index contributed by atoms with van der Waals surface area (Å²) in [6.45, 7) is 2.12. The van der Waals surface area contributed by atoms with E-state index in [0.717, 1.165) is 17.5 Å². The molecule has 4 atom stereocenters. The standard InChI is InChI=1S/C23H24O2/c1-2-22(21-15-16-8-9-20(21)14-16)25-23(24)19-12-10-18(11-13-19)17-6-4-3-5-7-17/h3-13,16,20-22H,2,14-15H2,1H3. The zero-order valence-electron chi connectivity index (χ0n) is 14.6. The van der Waals surface area contributed by atoms with Gasteiger partial charge in [0.2, 0.25) is 0 Å². The van der Waals surface area contributed by atoms with E-state index < -0.39 is 0 Å². The summed E-state index contributed by atoms with van der Waals surface area (Å²) in [5.74, 6) is 1.60. The second kappa shape index (κ2) is 6.87. The quantitative estimate of drug-likeness (QED) is 0.534. The summed E-state index contributed by atoms with van der Waals surface area (Å²) in [5.41, 5.74) is 2.90. The van der Waals surface area contributed by atoms with E-state index in [9.17, 15) is 4.79 Å². The van der Waals surface area contributed by atoms with Gasteiger partial charge in [0.05, 0.1) is 5.56 Å². The van der Waals surface area contributed by atoms with Crippen LogP contribution in [0.4, 0.5) is 0 Å². The van der Waals surface area contributed by atoms with Crippen molar-refractivity contribution >= 4 is 5.97 Å². The molecule has 0 saturated heterocycles. The fraction of sp³-hybridized carbons (Fsp3) is 0.348. The van der Waals surface area contributed by atoms with E-state index in [2.05, 4.69) is 31.2 Å². The summed E-state index contributed by atoms with van der Waals surface area (Å²) in [6.07, 6.45) is 7.98. The number of hydrogen-bond acceptors (Lipinski definition) is 2. The topological polar surface area (TPSA) is 26.3 Å². The summed E-state index contributed by atoms with van der Waals surface area (Å²) >= 11 is 0. The molecule has 2 aliphatic carbocycles. The van der Waals surface area contributed by atoms with Crippen LogP contribution < -0.4 is 0 Å². The Morgan fingerprint density at radius 1 is 1.00 bits per heavy atom. The third-order valence-electron chi connectivity index (χ3n) is 5.70. The van der Waals surface area contributed by atoms with Crippen molar-refractivity contribution in [2.75, 3.05) is 0 Å². The van der Waals surface area contributed by atoms with Gasteiger partial charge in [-0.25, -0.2) is 4.79 Å². The number of carbonyl (C=O) groups is 1. The number of benzene rings is 2. The van der Waals surface area contributed by atoms with Crippen molar-refractivity contribution in [3.05, 3.63) is 72.3 Å². The Labute approximate surface area is 149 Å². The summed E-state index contributed by atoms with van der Waals surface area (Å²) < 4.78 is 5.90. The van der Waals surface area contributed by atoms with Gasteiger partial charge in [0.15, 0.2) is 0 Å². The highest BCUT2D eigenvalue weighted by Gasteiger charge is 2.40. The molecule has 0 spiro atoms. The molecule has 2 heteroatoms. The molecule has 0 N–H and O–H groups in total. The van der Waals surface area contributed by atoms with Crippen LogP contribution in [0.2, 0.25) is 0 Å². The molecule has 2 bridgehead atoms. The molecule has 2 nitrogen and oxygen atoms in total. The third kappa shape index (κ3) is 3.26. The molecule has 25 heavy (non-hydrogen) atoms. The summed E-state index contributed by atoms with van der Waals surface area (Å²) in [6, 6.07) is 17.9. The van der Waals surface area contributed by atoms with E-state index in [1.165, 1.54) is 12.8 Å². The third-order valence-corrected chi connectivity index (χ3v) is 5.70. The van der Waals surface area contributed by atoms with E-state index >= 15 is 0 Å². The molecule has 2 aromatic rings. The second-order valence-corrected chi connectivity index (χ2v) is 7.24. The van der Waals surface area contributed by atoms with Crippen LogP contribution in [-0.2, 0) is 4.74 Å². The summed E-state index contributed by atoms with van der Waals surface area (Å²) in [7, 11) is 0. The highest BCUT2D eigenvalue weighted by molar-refractivity contribution is 5.90. The van der Waals surface area contributed by atoms with Crippen LogP contribution in [0.25, 0.3) is 11.1 Å². The highest BCUT2D eigenvalue weighted by Crippen LogP contribution is 2.46. The highest BCUT2D eigenvalue weighted by atomic mass is 16.5. The van der Waals surface area contributed by atoms with Gasteiger partial charge in [-0.15, -0.1) is 0 Å². The Morgan fingerprint density at radius 3 is 2.32 bits per heavy atom. The average molecular weight is 332 g/mol. The number of carbonyl (C=O) groups excluding carboxylic acids is 1. The minimum Gasteiger partial charge on any atom is -0.458 e. The molecular weight excluding hydrogens is 308 g/mol.